The Morgan fingerprint density at radius 3 is 2.14 bits per heavy atom. The van der Waals surface area contributed by atoms with E-state index in [0.29, 0.717) is 0 Å². The van der Waals surface area contributed by atoms with E-state index in [0.717, 1.165) is 29.0 Å². The van der Waals surface area contributed by atoms with Crippen LogP contribution in [-0.4, -0.2) is 47.9 Å². The summed E-state index contributed by atoms with van der Waals surface area (Å²) < 4.78 is 0. The van der Waals surface area contributed by atoms with Gasteiger partial charge in [-0.05, 0) is 30.5 Å². The van der Waals surface area contributed by atoms with E-state index in [1.54, 1.807) is 4.90 Å². The number of amides is 2. The lowest BCUT2D eigenvalue weighted by atomic mass is 9.92. The number of carbonyl (C=O) groups excluding carboxylic acids is 2. The molecule has 2 fully saturated rings. The molecule has 0 aromatic heterocycles. The Bertz CT molecular complexity index is 616. The number of carboxylic acids is 1. The first-order valence-corrected chi connectivity index (χ1v) is 7.28. The molecule has 6 heteroatoms. The Balaban J connectivity index is 1.76. The predicted molar refractivity (Wildman–Crippen MR) is 79.6 cm³/mol. The number of likely N-dealkylation sites (N-methyl/N-ethyl adjacent to an activating group) is 1. The Hall–Kier alpha value is -2.37. The smallest absolute Gasteiger partial charge is 0.304 e. The molecule has 0 bridgehead atoms. The number of piperazine rings is 1. The number of hydrogen-bond donors (Lipinski definition) is 1. The molecule has 22 heavy (non-hydrogen) atoms. The minimum absolute atomic E-state index is 0.151. The van der Waals surface area contributed by atoms with E-state index in [1.165, 1.54) is 7.05 Å². The lowest BCUT2D eigenvalue weighted by Crippen LogP contribution is -2.52. The first-order valence-electron chi connectivity index (χ1n) is 7.28. The molecular formula is C16H18N2O4. The third-order valence-corrected chi connectivity index (χ3v) is 4.59. The van der Waals surface area contributed by atoms with Crippen molar-refractivity contribution >= 4 is 23.5 Å². The highest BCUT2D eigenvalue weighted by Gasteiger charge is 2.45. The fraction of sp³-hybridized carbons (Fsp3) is 0.438. The number of benzene rings is 1. The summed E-state index contributed by atoms with van der Waals surface area (Å²) in [6, 6.07) is 7.56. The first-order chi connectivity index (χ1) is 10.4. The van der Waals surface area contributed by atoms with Crippen LogP contribution in [0.15, 0.2) is 24.3 Å². The van der Waals surface area contributed by atoms with Crippen molar-refractivity contribution < 1.29 is 19.5 Å². The van der Waals surface area contributed by atoms with Crippen molar-refractivity contribution in [2.24, 2.45) is 0 Å². The fourth-order valence-corrected chi connectivity index (χ4v) is 2.95. The summed E-state index contributed by atoms with van der Waals surface area (Å²) in [4.78, 5) is 37.3. The van der Waals surface area contributed by atoms with Crippen LogP contribution in [0.4, 0.5) is 5.69 Å². The van der Waals surface area contributed by atoms with Gasteiger partial charge in [0.25, 0.3) is 0 Å². The number of imide groups is 1. The normalized spacial score (nSPS) is 20.2. The number of hydrogen-bond acceptors (Lipinski definition) is 4. The third-order valence-electron chi connectivity index (χ3n) is 4.59. The molecule has 2 aliphatic rings. The number of rotatable bonds is 4. The summed E-state index contributed by atoms with van der Waals surface area (Å²) in [5.74, 6) is -1.22. The highest BCUT2D eigenvalue weighted by molar-refractivity contribution is 6.02. The Kier molecular flexibility index (Phi) is 3.39. The van der Waals surface area contributed by atoms with E-state index in [2.05, 4.69) is 0 Å². The van der Waals surface area contributed by atoms with Gasteiger partial charge >= 0.3 is 5.97 Å². The second kappa shape index (κ2) is 5.12. The molecule has 1 aromatic rings. The Morgan fingerprint density at radius 1 is 1.14 bits per heavy atom. The zero-order valence-electron chi connectivity index (χ0n) is 12.4. The van der Waals surface area contributed by atoms with Crippen LogP contribution in [0.25, 0.3) is 0 Å². The highest BCUT2D eigenvalue weighted by Crippen LogP contribution is 2.51. The number of carbonyl (C=O) groups is 3. The maximum absolute atomic E-state index is 11.7. The van der Waals surface area contributed by atoms with Crippen LogP contribution in [0, 0.1) is 0 Å². The SMILES string of the molecule is CN1C(=O)CN(c2ccc(C3(CC(=O)O)CC3)cc2)CC1=O. The molecule has 2 amide bonds. The van der Waals surface area contributed by atoms with Gasteiger partial charge in [-0.1, -0.05) is 12.1 Å². The molecule has 1 aliphatic heterocycles. The van der Waals surface area contributed by atoms with Crippen LogP contribution in [0.5, 0.6) is 0 Å². The zero-order valence-corrected chi connectivity index (χ0v) is 12.4. The maximum Gasteiger partial charge on any atom is 0.304 e. The molecule has 116 valence electrons. The maximum atomic E-state index is 11.7. The summed E-state index contributed by atoms with van der Waals surface area (Å²) >= 11 is 0. The van der Waals surface area contributed by atoms with Crippen molar-refractivity contribution in [3.8, 4) is 0 Å². The molecule has 0 radical (unpaired) electrons. The lowest BCUT2D eigenvalue weighted by molar-refractivity contribution is -0.143. The van der Waals surface area contributed by atoms with Crippen LogP contribution < -0.4 is 4.90 Å². The second-order valence-electron chi connectivity index (χ2n) is 6.10. The first kappa shape index (κ1) is 14.6. The van der Waals surface area contributed by atoms with Crippen LogP contribution in [-0.2, 0) is 19.8 Å². The van der Waals surface area contributed by atoms with Gasteiger partial charge in [-0.15, -0.1) is 0 Å². The molecule has 3 rings (SSSR count). The topological polar surface area (TPSA) is 77.9 Å². The van der Waals surface area contributed by atoms with E-state index in [-0.39, 0.29) is 36.7 Å². The van der Waals surface area contributed by atoms with E-state index in [1.807, 2.05) is 24.3 Å². The van der Waals surface area contributed by atoms with Crippen LogP contribution in [0.1, 0.15) is 24.8 Å². The molecule has 1 aromatic carbocycles. The molecule has 0 atom stereocenters. The minimum atomic E-state index is -0.781. The summed E-state index contributed by atoms with van der Waals surface area (Å²) in [6.07, 6.45) is 1.94. The average Bonchev–Trinajstić information content (AvgIpc) is 3.24. The van der Waals surface area contributed by atoms with Crippen LogP contribution >= 0.6 is 0 Å². The fourth-order valence-electron chi connectivity index (χ4n) is 2.95. The molecule has 1 heterocycles. The molecule has 0 spiro atoms. The molecule has 6 nitrogen and oxygen atoms in total. The van der Waals surface area contributed by atoms with Gasteiger partial charge in [0, 0.05) is 18.2 Å². The standard InChI is InChI=1S/C16H18N2O4/c1-17-13(19)9-18(10-14(17)20)12-4-2-11(3-5-12)16(6-7-16)8-15(21)22/h2-5H,6-10H2,1H3,(H,21,22). The van der Waals surface area contributed by atoms with Gasteiger partial charge in [-0.2, -0.15) is 0 Å². The molecule has 1 saturated carbocycles. The van der Waals surface area contributed by atoms with Crippen molar-refractivity contribution in [3.63, 3.8) is 0 Å². The Morgan fingerprint density at radius 2 is 1.68 bits per heavy atom. The van der Waals surface area contributed by atoms with E-state index >= 15 is 0 Å². The number of carboxylic acid groups (broad SMARTS) is 1. The monoisotopic (exact) mass is 302 g/mol. The minimum Gasteiger partial charge on any atom is -0.481 e. The van der Waals surface area contributed by atoms with Crippen LogP contribution in [0.3, 0.4) is 0 Å². The van der Waals surface area contributed by atoms with Gasteiger partial charge in [0.2, 0.25) is 11.8 Å². The van der Waals surface area contributed by atoms with Gasteiger partial charge in [0.15, 0.2) is 0 Å². The van der Waals surface area contributed by atoms with Crippen molar-refractivity contribution in [1.29, 1.82) is 0 Å². The number of aliphatic carboxylic acids is 1. The molecular weight excluding hydrogens is 284 g/mol. The zero-order chi connectivity index (χ0) is 15.9. The molecule has 0 unspecified atom stereocenters. The largest absolute Gasteiger partial charge is 0.481 e. The molecule has 1 aliphatic carbocycles. The average molecular weight is 302 g/mol. The summed E-state index contributed by atoms with van der Waals surface area (Å²) in [7, 11) is 1.49. The molecule has 1 N–H and O–H groups in total. The van der Waals surface area contributed by atoms with E-state index in [4.69, 9.17) is 5.11 Å². The van der Waals surface area contributed by atoms with Crippen molar-refractivity contribution in [3.05, 3.63) is 29.8 Å². The predicted octanol–water partition coefficient (Wildman–Crippen LogP) is 0.998. The third kappa shape index (κ3) is 2.56. The van der Waals surface area contributed by atoms with E-state index < -0.39 is 5.97 Å². The van der Waals surface area contributed by atoms with Crippen molar-refractivity contribution in [1.82, 2.24) is 4.90 Å². The molecule has 1 saturated heterocycles. The highest BCUT2D eigenvalue weighted by atomic mass is 16.4. The van der Waals surface area contributed by atoms with Gasteiger partial charge in [-0.3, -0.25) is 19.3 Å². The number of nitrogens with zero attached hydrogens (tertiary/aromatic N) is 2. The Labute approximate surface area is 128 Å². The number of anilines is 1. The lowest BCUT2D eigenvalue weighted by Gasteiger charge is -2.32. The second-order valence-corrected chi connectivity index (χ2v) is 6.10. The van der Waals surface area contributed by atoms with Crippen molar-refractivity contribution in [2.45, 2.75) is 24.7 Å². The summed E-state index contributed by atoms with van der Waals surface area (Å²) in [5, 5.41) is 9.00. The van der Waals surface area contributed by atoms with Gasteiger partial charge < -0.3 is 10.0 Å². The quantitative estimate of drug-likeness (QED) is 0.840. The van der Waals surface area contributed by atoms with Crippen LogP contribution in [0.2, 0.25) is 0 Å². The summed E-state index contributed by atoms with van der Waals surface area (Å²) in [5.41, 5.74) is 1.60. The van der Waals surface area contributed by atoms with Gasteiger partial charge in [-0.25, -0.2) is 0 Å². The van der Waals surface area contributed by atoms with Crippen molar-refractivity contribution in [2.75, 3.05) is 25.0 Å². The van der Waals surface area contributed by atoms with E-state index in [9.17, 15) is 14.4 Å². The summed E-state index contributed by atoms with van der Waals surface area (Å²) in [6.45, 7) is 0.365. The van der Waals surface area contributed by atoms with Gasteiger partial charge in [0.1, 0.15) is 0 Å². The van der Waals surface area contributed by atoms with Gasteiger partial charge in [0.05, 0.1) is 19.5 Å².